The van der Waals surface area contributed by atoms with Crippen LogP contribution in [0.5, 0.6) is 5.75 Å². The minimum Gasteiger partial charge on any atom is -0.497 e. The highest BCUT2D eigenvalue weighted by atomic mass is 32.1. The quantitative estimate of drug-likeness (QED) is 0.661. The normalized spacial score (nSPS) is 20.8. The largest absolute Gasteiger partial charge is 0.497 e. The number of imidazole rings is 1. The van der Waals surface area contributed by atoms with Crippen molar-refractivity contribution in [2.75, 3.05) is 20.2 Å². The van der Waals surface area contributed by atoms with Crippen LogP contribution in [0.25, 0.3) is 11.3 Å². The van der Waals surface area contributed by atoms with Crippen LogP contribution in [0.15, 0.2) is 42.6 Å². The van der Waals surface area contributed by atoms with Crippen molar-refractivity contribution in [2.45, 2.75) is 32.1 Å². The van der Waals surface area contributed by atoms with Gasteiger partial charge >= 0.3 is 0 Å². The zero-order chi connectivity index (χ0) is 20.0. The van der Waals surface area contributed by atoms with Gasteiger partial charge in [0.05, 0.1) is 37.0 Å². The van der Waals surface area contributed by atoms with Gasteiger partial charge in [-0.15, -0.1) is 11.3 Å². The Balaban J connectivity index is 1.38. The minimum atomic E-state index is -0.350. The average molecular weight is 410 g/mol. The van der Waals surface area contributed by atoms with Gasteiger partial charge in [0, 0.05) is 17.0 Å². The Morgan fingerprint density at radius 2 is 2.03 bits per heavy atom. The monoisotopic (exact) mass is 409 g/mol. The van der Waals surface area contributed by atoms with Crippen molar-refractivity contribution in [1.82, 2.24) is 14.5 Å². The van der Waals surface area contributed by atoms with Crippen LogP contribution in [-0.2, 0) is 17.9 Å². The number of nitrogens with zero attached hydrogens (tertiary/aromatic N) is 3. The lowest BCUT2D eigenvalue weighted by Crippen LogP contribution is -2.45. The number of aryl methyl sites for hydroxylation is 1. The first-order valence-electron chi connectivity index (χ1n) is 9.75. The lowest BCUT2D eigenvalue weighted by Gasteiger charge is -2.35. The summed E-state index contributed by atoms with van der Waals surface area (Å²) in [7, 11) is 1.67. The van der Waals surface area contributed by atoms with E-state index in [1.807, 2.05) is 42.3 Å². The van der Waals surface area contributed by atoms with E-state index in [0.717, 1.165) is 45.6 Å². The Hall–Kier alpha value is -2.64. The molecule has 3 aromatic rings. The average Bonchev–Trinajstić information content (AvgIpc) is 3.46. The van der Waals surface area contributed by atoms with E-state index in [1.54, 1.807) is 18.4 Å². The predicted octanol–water partition coefficient (Wildman–Crippen LogP) is 3.74. The molecule has 2 aliphatic heterocycles. The molecule has 150 valence electrons. The molecule has 1 aromatic carbocycles. The second-order valence-corrected chi connectivity index (χ2v) is 9.02. The van der Waals surface area contributed by atoms with Crippen molar-refractivity contribution in [3.63, 3.8) is 0 Å². The number of amides is 1. The second-order valence-electron chi connectivity index (χ2n) is 7.73. The maximum Gasteiger partial charge on any atom is 0.264 e. The van der Waals surface area contributed by atoms with Crippen molar-refractivity contribution in [1.29, 1.82) is 0 Å². The van der Waals surface area contributed by atoms with Crippen LogP contribution < -0.4 is 4.74 Å². The molecular weight excluding hydrogens is 386 g/mol. The third-order valence-electron chi connectivity index (χ3n) is 5.83. The summed E-state index contributed by atoms with van der Waals surface area (Å²) in [5.74, 6) is 1.87. The van der Waals surface area contributed by atoms with Gasteiger partial charge in [-0.1, -0.05) is 0 Å². The molecule has 6 nitrogen and oxygen atoms in total. The number of ether oxygens (including phenoxy) is 2. The number of carbonyl (C=O) groups is 1. The first-order valence-corrected chi connectivity index (χ1v) is 10.6. The fourth-order valence-electron chi connectivity index (χ4n) is 4.22. The molecule has 29 heavy (non-hydrogen) atoms. The highest BCUT2D eigenvalue weighted by molar-refractivity contribution is 7.13. The number of methoxy groups -OCH3 is 1. The fraction of sp³-hybridized carbons (Fsp3) is 0.364. The summed E-state index contributed by atoms with van der Waals surface area (Å²) in [6, 6.07) is 11.9. The topological polar surface area (TPSA) is 56.6 Å². The number of hydrogen-bond donors (Lipinski definition) is 0. The van der Waals surface area contributed by atoms with Gasteiger partial charge < -0.3 is 18.9 Å². The molecule has 0 unspecified atom stereocenters. The molecule has 7 heteroatoms. The van der Waals surface area contributed by atoms with Crippen LogP contribution in [0.4, 0.5) is 0 Å². The van der Waals surface area contributed by atoms with E-state index in [1.165, 1.54) is 0 Å². The van der Waals surface area contributed by atoms with Gasteiger partial charge in [0.1, 0.15) is 23.8 Å². The molecular formula is C22H23N3O3S. The standard InChI is InChI=1S/C22H23N3O3S/c1-15-3-8-19(29-15)21(26)24-10-9-22(13-24)14-25-18(11-23-20(25)12-28-22)16-4-6-17(27-2)7-5-16/h3-8,11H,9-10,12-14H2,1-2H3/t22-/m0/s1. The molecule has 1 fully saturated rings. The van der Waals surface area contributed by atoms with Gasteiger partial charge in [-0.05, 0) is 49.7 Å². The van der Waals surface area contributed by atoms with E-state index in [9.17, 15) is 4.79 Å². The molecule has 1 spiro atoms. The van der Waals surface area contributed by atoms with Crippen molar-refractivity contribution in [3.05, 3.63) is 58.2 Å². The third-order valence-corrected chi connectivity index (χ3v) is 6.82. The molecule has 0 radical (unpaired) electrons. The van der Waals surface area contributed by atoms with Gasteiger partial charge in [-0.25, -0.2) is 4.98 Å². The maximum atomic E-state index is 12.9. The van der Waals surface area contributed by atoms with Gasteiger partial charge in [-0.3, -0.25) is 4.79 Å². The molecule has 5 rings (SSSR count). The fourth-order valence-corrected chi connectivity index (χ4v) is 5.05. The van der Waals surface area contributed by atoms with E-state index >= 15 is 0 Å². The van der Waals surface area contributed by atoms with E-state index in [2.05, 4.69) is 21.7 Å². The van der Waals surface area contributed by atoms with E-state index in [-0.39, 0.29) is 11.5 Å². The van der Waals surface area contributed by atoms with Crippen molar-refractivity contribution < 1.29 is 14.3 Å². The molecule has 2 aromatic heterocycles. The molecule has 0 aliphatic carbocycles. The lowest BCUT2D eigenvalue weighted by atomic mass is 10.0. The zero-order valence-electron chi connectivity index (χ0n) is 16.6. The van der Waals surface area contributed by atoms with Crippen LogP contribution in [0.1, 0.15) is 26.8 Å². The Morgan fingerprint density at radius 1 is 1.21 bits per heavy atom. The number of fused-ring (bicyclic) bond motifs is 1. The number of benzene rings is 1. The summed E-state index contributed by atoms with van der Waals surface area (Å²) >= 11 is 1.55. The third kappa shape index (κ3) is 3.24. The van der Waals surface area contributed by atoms with E-state index in [0.29, 0.717) is 19.7 Å². The molecule has 4 heterocycles. The molecule has 2 aliphatic rings. The van der Waals surface area contributed by atoms with Crippen LogP contribution in [-0.4, -0.2) is 46.2 Å². The van der Waals surface area contributed by atoms with E-state index < -0.39 is 0 Å². The Morgan fingerprint density at radius 3 is 2.76 bits per heavy atom. The second kappa shape index (κ2) is 7.00. The molecule has 1 saturated heterocycles. The van der Waals surface area contributed by atoms with Crippen LogP contribution >= 0.6 is 11.3 Å². The maximum absolute atomic E-state index is 12.9. The lowest BCUT2D eigenvalue weighted by molar-refractivity contribution is -0.0804. The predicted molar refractivity (Wildman–Crippen MR) is 111 cm³/mol. The number of likely N-dealkylation sites (tertiary alicyclic amines) is 1. The van der Waals surface area contributed by atoms with E-state index in [4.69, 9.17) is 9.47 Å². The van der Waals surface area contributed by atoms with Gasteiger partial charge in [0.15, 0.2) is 0 Å². The first-order chi connectivity index (χ1) is 14.1. The van der Waals surface area contributed by atoms with Gasteiger partial charge in [0.25, 0.3) is 5.91 Å². The zero-order valence-corrected chi connectivity index (χ0v) is 17.4. The molecule has 1 amide bonds. The van der Waals surface area contributed by atoms with Crippen LogP contribution in [0.3, 0.4) is 0 Å². The molecule has 0 bridgehead atoms. The molecule has 1 atom stereocenters. The number of carbonyl (C=O) groups excluding carboxylic acids is 1. The Bertz CT molecular complexity index is 1060. The summed E-state index contributed by atoms with van der Waals surface area (Å²) in [6.45, 7) is 4.53. The highest BCUT2D eigenvalue weighted by Crippen LogP contribution is 2.36. The van der Waals surface area contributed by atoms with Crippen molar-refractivity contribution >= 4 is 17.2 Å². The van der Waals surface area contributed by atoms with Crippen LogP contribution in [0, 0.1) is 6.92 Å². The van der Waals surface area contributed by atoms with Crippen LogP contribution in [0.2, 0.25) is 0 Å². The van der Waals surface area contributed by atoms with Gasteiger partial charge in [0.2, 0.25) is 0 Å². The smallest absolute Gasteiger partial charge is 0.264 e. The number of aromatic nitrogens is 2. The van der Waals surface area contributed by atoms with Crippen molar-refractivity contribution in [3.8, 4) is 17.0 Å². The number of hydrogen-bond acceptors (Lipinski definition) is 5. The number of thiophene rings is 1. The first kappa shape index (κ1) is 18.4. The Kier molecular flexibility index (Phi) is 4.44. The molecule has 0 saturated carbocycles. The minimum absolute atomic E-state index is 0.107. The number of rotatable bonds is 3. The summed E-state index contributed by atoms with van der Waals surface area (Å²) in [6.07, 6.45) is 2.74. The van der Waals surface area contributed by atoms with Gasteiger partial charge in [-0.2, -0.15) is 0 Å². The summed E-state index contributed by atoms with van der Waals surface area (Å²) in [4.78, 5) is 21.3. The summed E-state index contributed by atoms with van der Waals surface area (Å²) < 4.78 is 13.8. The summed E-state index contributed by atoms with van der Waals surface area (Å²) in [5.41, 5.74) is 1.82. The SMILES string of the molecule is COc1ccc(-c2cnc3n2C[C@@]2(CCN(C(=O)c4ccc(C)s4)C2)OC3)cc1. The highest BCUT2D eigenvalue weighted by Gasteiger charge is 2.44. The Labute approximate surface area is 173 Å². The van der Waals surface area contributed by atoms with Crippen molar-refractivity contribution in [2.24, 2.45) is 0 Å². The molecule has 0 N–H and O–H groups in total. The summed E-state index contributed by atoms with van der Waals surface area (Å²) in [5, 5.41) is 0.